The van der Waals surface area contributed by atoms with E-state index in [4.69, 9.17) is 5.73 Å². The number of nitrogens with zero attached hydrogens (tertiary/aromatic N) is 1. The van der Waals surface area contributed by atoms with Crippen molar-refractivity contribution in [2.75, 3.05) is 0 Å². The van der Waals surface area contributed by atoms with Gasteiger partial charge in [0.1, 0.15) is 0 Å². The Labute approximate surface area is 96.4 Å². The van der Waals surface area contributed by atoms with Crippen LogP contribution >= 0.6 is 0 Å². The first-order valence-corrected chi connectivity index (χ1v) is 5.16. The lowest BCUT2D eigenvalue weighted by atomic mass is 9.99. The van der Waals surface area contributed by atoms with E-state index >= 15 is 0 Å². The van der Waals surface area contributed by atoms with Crippen LogP contribution in [0.4, 0.5) is 13.2 Å². The molecule has 1 aromatic heterocycles. The number of primary amides is 1. The molecule has 0 atom stereocenters. The molecule has 0 aliphatic rings. The van der Waals surface area contributed by atoms with Crippen LogP contribution in [0.5, 0.6) is 0 Å². The summed E-state index contributed by atoms with van der Waals surface area (Å²) in [5.74, 6) is -0.754. The van der Waals surface area contributed by atoms with Gasteiger partial charge in [0.25, 0.3) is 0 Å². The number of amides is 1. The standard InChI is InChI=1S/C10H14F3N3O/c1-5(2)8-6(3-4-7(14)17)9(16-15-8)10(11,12)13/h5H,3-4H2,1-2H3,(H2,14,17)(H,15,16). The highest BCUT2D eigenvalue weighted by molar-refractivity contribution is 5.74. The number of alkyl halides is 3. The number of H-pyrrole nitrogens is 1. The van der Waals surface area contributed by atoms with Gasteiger partial charge in [-0.2, -0.15) is 18.3 Å². The quantitative estimate of drug-likeness (QED) is 0.856. The number of carbonyl (C=O) groups is 1. The first kappa shape index (κ1) is 13.5. The van der Waals surface area contributed by atoms with Gasteiger partial charge in [-0.15, -0.1) is 0 Å². The number of carbonyl (C=O) groups excluding carboxylic acids is 1. The highest BCUT2D eigenvalue weighted by Crippen LogP contribution is 2.34. The van der Waals surface area contributed by atoms with Crippen molar-refractivity contribution in [1.29, 1.82) is 0 Å². The lowest BCUT2D eigenvalue weighted by molar-refractivity contribution is -0.142. The molecule has 0 radical (unpaired) electrons. The summed E-state index contributed by atoms with van der Waals surface area (Å²) in [6, 6.07) is 0. The summed E-state index contributed by atoms with van der Waals surface area (Å²) in [6.07, 6.45) is -4.69. The predicted molar refractivity (Wildman–Crippen MR) is 55.2 cm³/mol. The second kappa shape index (κ2) is 4.77. The van der Waals surface area contributed by atoms with E-state index in [-0.39, 0.29) is 24.3 Å². The molecular formula is C10H14F3N3O. The van der Waals surface area contributed by atoms with Gasteiger partial charge >= 0.3 is 6.18 Å². The zero-order chi connectivity index (χ0) is 13.2. The molecule has 17 heavy (non-hydrogen) atoms. The Morgan fingerprint density at radius 1 is 1.47 bits per heavy atom. The summed E-state index contributed by atoms with van der Waals surface area (Å²) in [4.78, 5) is 10.6. The number of hydrogen-bond acceptors (Lipinski definition) is 2. The van der Waals surface area contributed by atoms with Gasteiger partial charge in [-0.25, -0.2) is 0 Å². The Bertz CT molecular complexity index is 409. The van der Waals surface area contributed by atoms with Gasteiger partial charge in [0, 0.05) is 17.7 Å². The molecule has 7 heteroatoms. The van der Waals surface area contributed by atoms with Gasteiger partial charge in [0.05, 0.1) is 0 Å². The van der Waals surface area contributed by atoms with Gasteiger partial charge in [-0.3, -0.25) is 9.89 Å². The van der Waals surface area contributed by atoms with Crippen LogP contribution in [0.1, 0.15) is 43.1 Å². The zero-order valence-electron chi connectivity index (χ0n) is 9.56. The fourth-order valence-corrected chi connectivity index (χ4v) is 1.59. The van der Waals surface area contributed by atoms with Crippen LogP contribution in [-0.2, 0) is 17.4 Å². The van der Waals surface area contributed by atoms with Crippen LogP contribution in [0.2, 0.25) is 0 Å². The van der Waals surface area contributed by atoms with Crippen molar-refractivity contribution in [2.24, 2.45) is 5.73 Å². The van der Waals surface area contributed by atoms with Crippen LogP contribution in [-0.4, -0.2) is 16.1 Å². The number of hydrogen-bond donors (Lipinski definition) is 2. The normalized spacial score (nSPS) is 12.1. The number of rotatable bonds is 4. The van der Waals surface area contributed by atoms with Crippen LogP contribution in [0, 0.1) is 0 Å². The lowest BCUT2D eigenvalue weighted by Crippen LogP contribution is -2.14. The minimum atomic E-state index is -4.52. The van der Waals surface area contributed by atoms with E-state index < -0.39 is 17.8 Å². The summed E-state index contributed by atoms with van der Waals surface area (Å²) in [5, 5.41) is 5.67. The summed E-state index contributed by atoms with van der Waals surface area (Å²) in [7, 11) is 0. The maximum atomic E-state index is 12.7. The smallest absolute Gasteiger partial charge is 0.370 e. The van der Waals surface area contributed by atoms with E-state index in [0.717, 1.165) is 0 Å². The Kier molecular flexibility index (Phi) is 3.79. The zero-order valence-corrected chi connectivity index (χ0v) is 9.56. The van der Waals surface area contributed by atoms with Gasteiger partial charge < -0.3 is 5.73 Å². The van der Waals surface area contributed by atoms with Gasteiger partial charge in [-0.1, -0.05) is 13.8 Å². The third-order valence-corrected chi connectivity index (χ3v) is 2.37. The predicted octanol–water partition coefficient (Wildman–Crippen LogP) is 1.97. The molecule has 0 spiro atoms. The Balaban J connectivity index is 3.11. The Morgan fingerprint density at radius 2 is 2.06 bits per heavy atom. The van der Waals surface area contributed by atoms with Crippen LogP contribution < -0.4 is 5.73 Å². The molecule has 96 valence electrons. The number of aromatic amines is 1. The molecule has 3 N–H and O–H groups in total. The van der Waals surface area contributed by atoms with Crippen molar-refractivity contribution in [3.8, 4) is 0 Å². The monoisotopic (exact) mass is 249 g/mol. The molecular weight excluding hydrogens is 235 g/mol. The molecule has 0 bridgehead atoms. The average molecular weight is 249 g/mol. The van der Waals surface area contributed by atoms with Crippen molar-refractivity contribution >= 4 is 5.91 Å². The molecule has 0 saturated heterocycles. The highest BCUT2D eigenvalue weighted by Gasteiger charge is 2.38. The number of aromatic nitrogens is 2. The molecule has 1 amide bonds. The summed E-state index contributed by atoms with van der Waals surface area (Å²) < 4.78 is 38.0. The van der Waals surface area contributed by atoms with Gasteiger partial charge in [0.15, 0.2) is 5.69 Å². The van der Waals surface area contributed by atoms with E-state index in [1.807, 2.05) is 0 Å². The van der Waals surface area contributed by atoms with Gasteiger partial charge in [-0.05, 0) is 12.3 Å². The molecule has 0 unspecified atom stereocenters. The minimum Gasteiger partial charge on any atom is -0.370 e. The Hall–Kier alpha value is -1.53. The minimum absolute atomic E-state index is 0.0336. The van der Waals surface area contributed by atoms with Crippen molar-refractivity contribution in [3.63, 3.8) is 0 Å². The third-order valence-electron chi connectivity index (χ3n) is 2.37. The molecule has 4 nitrogen and oxygen atoms in total. The van der Waals surface area contributed by atoms with Crippen LogP contribution in [0.15, 0.2) is 0 Å². The van der Waals surface area contributed by atoms with E-state index in [1.165, 1.54) is 0 Å². The maximum Gasteiger partial charge on any atom is 0.435 e. The molecule has 0 saturated carbocycles. The summed E-state index contributed by atoms with van der Waals surface area (Å²) in [6.45, 7) is 3.50. The SMILES string of the molecule is CC(C)c1[nH]nc(C(F)(F)F)c1CCC(N)=O. The second-order valence-corrected chi connectivity index (χ2v) is 4.08. The molecule has 1 aromatic rings. The van der Waals surface area contributed by atoms with E-state index in [2.05, 4.69) is 10.2 Å². The van der Waals surface area contributed by atoms with Crippen molar-refractivity contribution in [2.45, 2.75) is 38.8 Å². The van der Waals surface area contributed by atoms with Crippen molar-refractivity contribution in [3.05, 3.63) is 17.0 Å². The van der Waals surface area contributed by atoms with E-state index in [1.54, 1.807) is 13.8 Å². The van der Waals surface area contributed by atoms with Gasteiger partial charge in [0.2, 0.25) is 5.91 Å². The molecule has 0 aliphatic carbocycles. The molecule has 1 heterocycles. The number of nitrogens with two attached hydrogens (primary N) is 1. The molecule has 0 aliphatic heterocycles. The summed E-state index contributed by atoms with van der Waals surface area (Å²) in [5.41, 5.74) is 4.42. The highest BCUT2D eigenvalue weighted by atomic mass is 19.4. The van der Waals surface area contributed by atoms with Crippen LogP contribution in [0.3, 0.4) is 0 Å². The summed E-state index contributed by atoms with van der Waals surface area (Å²) >= 11 is 0. The average Bonchev–Trinajstić information content (AvgIpc) is 2.56. The molecule has 0 fully saturated rings. The second-order valence-electron chi connectivity index (χ2n) is 4.08. The number of nitrogens with one attached hydrogen (secondary N) is 1. The first-order valence-electron chi connectivity index (χ1n) is 5.16. The lowest BCUT2D eigenvalue weighted by Gasteiger charge is -2.09. The molecule has 1 rings (SSSR count). The fourth-order valence-electron chi connectivity index (χ4n) is 1.59. The van der Waals surface area contributed by atoms with E-state index in [9.17, 15) is 18.0 Å². The topological polar surface area (TPSA) is 71.8 Å². The Morgan fingerprint density at radius 3 is 2.47 bits per heavy atom. The van der Waals surface area contributed by atoms with Crippen molar-refractivity contribution in [1.82, 2.24) is 10.2 Å². The largest absolute Gasteiger partial charge is 0.435 e. The third kappa shape index (κ3) is 3.21. The molecule has 0 aromatic carbocycles. The fraction of sp³-hybridized carbons (Fsp3) is 0.600. The van der Waals surface area contributed by atoms with E-state index in [0.29, 0.717) is 5.69 Å². The van der Waals surface area contributed by atoms with Crippen molar-refractivity contribution < 1.29 is 18.0 Å². The van der Waals surface area contributed by atoms with Crippen LogP contribution in [0.25, 0.3) is 0 Å². The first-order chi connectivity index (χ1) is 7.73. The maximum absolute atomic E-state index is 12.7. The number of halogens is 3.